The van der Waals surface area contributed by atoms with Crippen LogP contribution in [0.25, 0.3) is 49.7 Å². The average Bonchev–Trinajstić information content (AvgIpc) is 3.59. The molecule has 1 aromatic heterocycles. The monoisotopic (exact) mass is 616 g/mol. The lowest BCUT2D eigenvalue weighted by molar-refractivity contribution is 0.478. The van der Waals surface area contributed by atoms with Crippen molar-refractivity contribution >= 4 is 38.9 Å². The maximum absolute atomic E-state index is 6.80. The first-order valence-corrected chi connectivity index (χ1v) is 16.6. The molecular weight excluding hydrogens is 585 g/mol. The van der Waals surface area contributed by atoms with E-state index in [2.05, 4.69) is 181 Å². The molecule has 1 aliphatic carbocycles. The lowest BCUT2D eigenvalue weighted by Gasteiger charge is -2.28. The standard InChI is InChI=1S/C45H32N2O/c1-45(2)38-27-29(33-25-26-37-36-17-9-10-18-40(36)47-41-19-11-12-20-42(41)48-44(33)43(37)47)21-23-34(38)35-24-22-32(28-39(35)45)46(30-13-5-3-6-14-30)31-15-7-4-8-16-31/h3-28H,1-2H3. The molecular formula is C45H32N2O. The van der Waals surface area contributed by atoms with Crippen molar-refractivity contribution in [1.82, 2.24) is 4.57 Å². The van der Waals surface area contributed by atoms with E-state index in [-0.39, 0.29) is 5.41 Å². The molecule has 2 aliphatic rings. The molecule has 48 heavy (non-hydrogen) atoms. The second-order valence-electron chi connectivity index (χ2n) is 13.4. The molecule has 3 nitrogen and oxygen atoms in total. The minimum Gasteiger partial charge on any atom is -0.452 e. The second-order valence-corrected chi connectivity index (χ2v) is 13.4. The minimum atomic E-state index is -0.195. The topological polar surface area (TPSA) is 17.4 Å². The molecule has 0 saturated carbocycles. The van der Waals surface area contributed by atoms with Gasteiger partial charge in [0.15, 0.2) is 11.5 Å². The van der Waals surface area contributed by atoms with Crippen LogP contribution in [0.15, 0.2) is 158 Å². The Labute approximate surface area is 279 Å². The Morgan fingerprint density at radius 2 is 1.15 bits per heavy atom. The Bertz CT molecular complexity index is 2520. The SMILES string of the molecule is CC1(C)c2cc(-c3ccc4c5ccccc5n5c4c3Oc3ccccc3-5)ccc2-c2ccc(N(c3ccccc3)c3ccccc3)cc21. The van der Waals surface area contributed by atoms with Gasteiger partial charge in [0, 0.05) is 38.8 Å². The molecule has 0 amide bonds. The number of ether oxygens (including phenoxy) is 1. The Morgan fingerprint density at radius 3 is 1.92 bits per heavy atom. The van der Waals surface area contributed by atoms with Crippen LogP contribution in [-0.4, -0.2) is 4.57 Å². The van der Waals surface area contributed by atoms with Crippen molar-refractivity contribution in [2.24, 2.45) is 0 Å². The highest BCUT2D eigenvalue weighted by molar-refractivity contribution is 6.14. The Balaban J connectivity index is 1.12. The summed E-state index contributed by atoms with van der Waals surface area (Å²) in [4.78, 5) is 2.35. The molecule has 8 aromatic rings. The molecule has 0 radical (unpaired) electrons. The van der Waals surface area contributed by atoms with Crippen LogP contribution >= 0.6 is 0 Å². The molecule has 0 saturated heterocycles. The molecule has 0 unspecified atom stereocenters. The third-order valence-corrected chi connectivity index (χ3v) is 10.4. The Hall–Kier alpha value is -6.06. The quantitative estimate of drug-likeness (QED) is 0.196. The zero-order valence-corrected chi connectivity index (χ0v) is 26.8. The number of nitrogens with zero attached hydrogens (tertiary/aromatic N) is 2. The van der Waals surface area contributed by atoms with Gasteiger partial charge in [0.05, 0.1) is 16.7 Å². The highest BCUT2D eigenvalue weighted by atomic mass is 16.5. The molecule has 3 heteroatoms. The fourth-order valence-electron chi connectivity index (χ4n) is 8.08. The molecule has 0 fully saturated rings. The van der Waals surface area contributed by atoms with Crippen molar-refractivity contribution in [3.63, 3.8) is 0 Å². The van der Waals surface area contributed by atoms with Gasteiger partial charge in [0.2, 0.25) is 0 Å². The van der Waals surface area contributed by atoms with Gasteiger partial charge in [-0.25, -0.2) is 0 Å². The van der Waals surface area contributed by atoms with Crippen molar-refractivity contribution < 1.29 is 4.74 Å². The van der Waals surface area contributed by atoms with Gasteiger partial charge >= 0.3 is 0 Å². The molecule has 10 rings (SSSR count). The smallest absolute Gasteiger partial charge is 0.160 e. The zero-order valence-electron chi connectivity index (χ0n) is 26.8. The fraction of sp³-hybridized carbons (Fsp3) is 0.0667. The van der Waals surface area contributed by atoms with Crippen molar-refractivity contribution in [1.29, 1.82) is 0 Å². The van der Waals surface area contributed by atoms with E-state index in [4.69, 9.17) is 4.74 Å². The van der Waals surface area contributed by atoms with Gasteiger partial charge in [0.25, 0.3) is 0 Å². The van der Waals surface area contributed by atoms with Gasteiger partial charge in [-0.3, -0.25) is 0 Å². The summed E-state index contributed by atoms with van der Waals surface area (Å²) in [6.07, 6.45) is 0. The van der Waals surface area contributed by atoms with E-state index in [0.29, 0.717) is 0 Å². The third kappa shape index (κ3) is 3.76. The number of fused-ring (bicyclic) bond motifs is 8. The summed E-state index contributed by atoms with van der Waals surface area (Å²) in [6, 6.07) is 56.7. The normalized spacial score (nSPS) is 13.5. The molecule has 1 aliphatic heterocycles. The number of aromatic nitrogens is 1. The summed E-state index contributed by atoms with van der Waals surface area (Å²) in [6.45, 7) is 4.72. The number of para-hydroxylation sites is 5. The van der Waals surface area contributed by atoms with Crippen LogP contribution in [0, 0.1) is 0 Å². The van der Waals surface area contributed by atoms with E-state index in [1.807, 2.05) is 0 Å². The summed E-state index contributed by atoms with van der Waals surface area (Å²) in [5.74, 6) is 1.79. The Morgan fingerprint density at radius 1 is 0.521 bits per heavy atom. The first-order valence-electron chi connectivity index (χ1n) is 16.6. The third-order valence-electron chi connectivity index (χ3n) is 10.4. The van der Waals surface area contributed by atoms with Crippen LogP contribution in [-0.2, 0) is 5.41 Å². The molecule has 2 heterocycles. The van der Waals surface area contributed by atoms with E-state index < -0.39 is 0 Å². The first kappa shape index (κ1) is 27.1. The maximum Gasteiger partial charge on any atom is 0.160 e. The summed E-state index contributed by atoms with van der Waals surface area (Å²) in [5.41, 5.74) is 14.2. The highest BCUT2D eigenvalue weighted by Gasteiger charge is 2.37. The van der Waals surface area contributed by atoms with Crippen LogP contribution in [0.4, 0.5) is 17.1 Å². The van der Waals surface area contributed by atoms with Crippen LogP contribution in [0.5, 0.6) is 11.5 Å². The number of rotatable bonds is 4. The summed E-state index contributed by atoms with van der Waals surface area (Å²) in [5, 5.41) is 2.45. The van der Waals surface area contributed by atoms with Gasteiger partial charge in [-0.15, -0.1) is 0 Å². The second kappa shape index (κ2) is 9.97. The summed E-state index contributed by atoms with van der Waals surface area (Å²) >= 11 is 0. The van der Waals surface area contributed by atoms with Crippen molar-refractivity contribution in [2.75, 3.05) is 4.90 Å². The molecule has 228 valence electrons. The van der Waals surface area contributed by atoms with Crippen molar-refractivity contribution in [3.8, 4) is 39.4 Å². The van der Waals surface area contributed by atoms with E-state index >= 15 is 0 Å². The van der Waals surface area contributed by atoms with Gasteiger partial charge in [-0.05, 0) is 94.5 Å². The van der Waals surface area contributed by atoms with Crippen LogP contribution in [0.3, 0.4) is 0 Å². The first-order chi connectivity index (χ1) is 23.6. The average molecular weight is 617 g/mol. The Kier molecular flexibility index (Phi) is 5.63. The van der Waals surface area contributed by atoms with Crippen molar-refractivity contribution in [3.05, 3.63) is 169 Å². The predicted molar refractivity (Wildman–Crippen MR) is 199 cm³/mol. The zero-order chi connectivity index (χ0) is 32.0. The van der Waals surface area contributed by atoms with Gasteiger partial charge in [-0.1, -0.05) is 105 Å². The van der Waals surface area contributed by atoms with Crippen LogP contribution < -0.4 is 9.64 Å². The van der Waals surface area contributed by atoms with Crippen molar-refractivity contribution in [2.45, 2.75) is 19.3 Å². The molecule has 7 aromatic carbocycles. The predicted octanol–water partition coefficient (Wildman–Crippen LogP) is 12.3. The molecule has 0 spiro atoms. The van der Waals surface area contributed by atoms with E-state index in [1.165, 1.54) is 38.5 Å². The maximum atomic E-state index is 6.80. The van der Waals surface area contributed by atoms with Gasteiger partial charge in [-0.2, -0.15) is 0 Å². The summed E-state index contributed by atoms with van der Waals surface area (Å²) < 4.78 is 9.17. The highest BCUT2D eigenvalue weighted by Crippen LogP contribution is 2.54. The number of hydrogen-bond donors (Lipinski definition) is 0. The van der Waals surface area contributed by atoms with Crippen LogP contribution in [0.1, 0.15) is 25.0 Å². The molecule has 0 N–H and O–H groups in total. The van der Waals surface area contributed by atoms with E-state index in [0.717, 1.165) is 50.9 Å². The fourth-order valence-corrected chi connectivity index (χ4v) is 8.08. The molecule has 0 atom stereocenters. The van der Waals surface area contributed by atoms with Crippen LogP contribution in [0.2, 0.25) is 0 Å². The van der Waals surface area contributed by atoms with E-state index in [1.54, 1.807) is 0 Å². The lowest BCUT2D eigenvalue weighted by atomic mass is 9.81. The van der Waals surface area contributed by atoms with Gasteiger partial charge in [0.1, 0.15) is 0 Å². The molecule has 0 bridgehead atoms. The number of anilines is 3. The number of benzene rings is 7. The number of hydrogen-bond acceptors (Lipinski definition) is 2. The minimum absolute atomic E-state index is 0.195. The van der Waals surface area contributed by atoms with Gasteiger partial charge < -0.3 is 14.2 Å². The largest absolute Gasteiger partial charge is 0.452 e. The summed E-state index contributed by atoms with van der Waals surface area (Å²) in [7, 11) is 0. The lowest BCUT2D eigenvalue weighted by Crippen LogP contribution is -2.16. The van der Waals surface area contributed by atoms with E-state index in [9.17, 15) is 0 Å².